The molecule has 2 aliphatic heterocycles. The summed E-state index contributed by atoms with van der Waals surface area (Å²) in [6.07, 6.45) is 1.89. The highest BCUT2D eigenvalue weighted by molar-refractivity contribution is 5.93. The van der Waals surface area contributed by atoms with E-state index in [2.05, 4.69) is 28.0 Å². The van der Waals surface area contributed by atoms with Crippen LogP contribution >= 0.6 is 0 Å². The minimum absolute atomic E-state index is 0.0941. The number of anilines is 1. The van der Waals surface area contributed by atoms with Gasteiger partial charge in [0.15, 0.2) is 0 Å². The molecule has 0 saturated carbocycles. The molecule has 6 heteroatoms. The Morgan fingerprint density at radius 1 is 1.17 bits per heavy atom. The van der Waals surface area contributed by atoms with Crippen molar-refractivity contribution < 1.29 is 14.3 Å². The second-order valence-corrected chi connectivity index (χ2v) is 7.94. The second-order valence-electron chi connectivity index (χ2n) is 7.94. The van der Waals surface area contributed by atoms with Crippen molar-refractivity contribution in [3.05, 3.63) is 59.2 Å². The Morgan fingerprint density at radius 2 is 2.00 bits per heavy atom. The molecule has 0 bridgehead atoms. The zero-order valence-electron chi connectivity index (χ0n) is 17.7. The van der Waals surface area contributed by atoms with Gasteiger partial charge in [0.1, 0.15) is 5.75 Å². The van der Waals surface area contributed by atoms with Crippen LogP contribution in [0.25, 0.3) is 0 Å². The number of carbonyl (C=O) groups is 1. The largest absolute Gasteiger partial charge is 0.494 e. The van der Waals surface area contributed by atoms with E-state index in [1.54, 1.807) is 0 Å². The molecule has 1 amide bonds. The van der Waals surface area contributed by atoms with Gasteiger partial charge in [0.05, 0.1) is 19.3 Å². The van der Waals surface area contributed by atoms with Crippen LogP contribution in [0.5, 0.6) is 5.75 Å². The lowest BCUT2D eigenvalue weighted by molar-refractivity contribution is 0.0289. The zero-order valence-corrected chi connectivity index (χ0v) is 17.7. The van der Waals surface area contributed by atoms with E-state index < -0.39 is 0 Å². The average molecular weight is 410 g/mol. The number of nitrogens with two attached hydrogens (primary N) is 1. The molecule has 2 aliphatic rings. The molecule has 2 N–H and O–H groups in total. The molecule has 1 atom stereocenters. The van der Waals surface area contributed by atoms with Crippen molar-refractivity contribution in [2.24, 2.45) is 5.73 Å². The normalized spacial score (nSPS) is 19.4. The summed E-state index contributed by atoms with van der Waals surface area (Å²) < 4.78 is 11.7. The van der Waals surface area contributed by atoms with Crippen molar-refractivity contribution in [2.75, 3.05) is 50.8 Å². The fourth-order valence-electron chi connectivity index (χ4n) is 4.40. The molecule has 1 saturated heterocycles. The summed E-state index contributed by atoms with van der Waals surface area (Å²) in [5.74, 6) is 0.565. The fourth-order valence-corrected chi connectivity index (χ4v) is 4.40. The molecule has 0 aliphatic carbocycles. The molecule has 1 unspecified atom stereocenters. The Kier molecular flexibility index (Phi) is 6.55. The topological polar surface area (TPSA) is 68.0 Å². The highest BCUT2D eigenvalue weighted by Crippen LogP contribution is 2.31. The maximum atomic E-state index is 11.5. The van der Waals surface area contributed by atoms with Gasteiger partial charge in [0.25, 0.3) is 0 Å². The second kappa shape index (κ2) is 9.49. The number of carbonyl (C=O) groups excluding carboxylic acids is 1. The first-order chi connectivity index (χ1) is 14.6. The van der Waals surface area contributed by atoms with Gasteiger partial charge in [-0.2, -0.15) is 0 Å². The van der Waals surface area contributed by atoms with E-state index >= 15 is 0 Å². The van der Waals surface area contributed by atoms with Crippen molar-refractivity contribution in [1.82, 2.24) is 4.90 Å². The quantitative estimate of drug-likeness (QED) is 0.761. The van der Waals surface area contributed by atoms with E-state index in [0.29, 0.717) is 18.8 Å². The SMILES string of the molecule is CCOc1cccc(N2CCN(CCC3OCCc4cc(C(N)=O)ccc43)CC2)c1. The summed E-state index contributed by atoms with van der Waals surface area (Å²) in [6.45, 7) is 8.51. The van der Waals surface area contributed by atoms with E-state index in [0.717, 1.165) is 51.3 Å². The third kappa shape index (κ3) is 4.77. The van der Waals surface area contributed by atoms with Gasteiger partial charge in [-0.1, -0.05) is 12.1 Å². The molecule has 0 radical (unpaired) electrons. The van der Waals surface area contributed by atoms with Crippen molar-refractivity contribution in [2.45, 2.75) is 25.9 Å². The Balaban J connectivity index is 1.30. The van der Waals surface area contributed by atoms with Crippen LogP contribution in [0.15, 0.2) is 42.5 Å². The molecule has 0 aromatic heterocycles. The van der Waals surface area contributed by atoms with E-state index in [9.17, 15) is 4.79 Å². The Labute approximate surface area is 178 Å². The molecule has 30 heavy (non-hydrogen) atoms. The van der Waals surface area contributed by atoms with E-state index in [1.165, 1.54) is 16.8 Å². The van der Waals surface area contributed by atoms with Crippen LogP contribution < -0.4 is 15.4 Å². The smallest absolute Gasteiger partial charge is 0.248 e. The van der Waals surface area contributed by atoms with Crippen LogP contribution in [-0.2, 0) is 11.2 Å². The highest BCUT2D eigenvalue weighted by atomic mass is 16.5. The first-order valence-corrected chi connectivity index (χ1v) is 10.9. The van der Waals surface area contributed by atoms with Gasteiger partial charge in [0.2, 0.25) is 5.91 Å². The van der Waals surface area contributed by atoms with Crippen LogP contribution in [0.4, 0.5) is 5.69 Å². The summed E-state index contributed by atoms with van der Waals surface area (Å²) in [5, 5.41) is 0. The van der Waals surface area contributed by atoms with E-state index in [4.69, 9.17) is 15.2 Å². The minimum atomic E-state index is -0.370. The van der Waals surface area contributed by atoms with Crippen molar-refractivity contribution in [3.63, 3.8) is 0 Å². The van der Waals surface area contributed by atoms with Crippen molar-refractivity contribution in [3.8, 4) is 5.75 Å². The van der Waals surface area contributed by atoms with Gasteiger partial charge < -0.3 is 20.1 Å². The molecular formula is C24H31N3O3. The molecule has 160 valence electrons. The summed E-state index contributed by atoms with van der Waals surface area (Å²) in [7, 11) is 0. The minimum Gasteiger partial charge on any atom is -0.494 e. The van der Waals surface area contributed by atoms with Crippen LogP contribution in [0.2, 0.25) is 0 Å². The molecule has 6 nitrogen and oxygen atoms in total. The number of hydrogen-bond donors (Lipinski definition) is 1. The summed E-state index contributed by atoms with van der Waals surface area (Å²) in [5.41, 5.74) is 9.64. The maximum Gasteiger partial charge on any atom is 0.248 e. The number of ether oxygens (including phenoxy) is 2. The van der Waals surface area contributed by atoms with E-state index in [1.807, 2.05) is 31.2 Å². The fraction of sp³-hybridized carbons (Fsp3) is 0.458. The van der Waals surface area contributed by atoms with Gasteiger partial charge in [0, 0.05) is 50.0 Å². The summed E-state index contributed by atoms with van der Waals surface area (Å²) >= 11 is 0. The van der Waals surface area contributed by atoms with Crippen LogP contribution in [0.1, 0.15) is 40.9 Å². The number of rotatable bonds is 7. The lowest BCUT2D eigenvalue weighted by Crippen LogP contribution is -2.47. The summed E-state index contributed by atoms with van der Waals surface area (Å²) in [6, 6.07) is 14.1. The Morgan fingerprint density at radius 3 is 2.77 bits per heavy atom. The predicted octanol–water partition coefficient (Wildman–Crippen LogP) is 3.01. The third-order valence-electron chi connectivity index (χ3n) is 6.04. The molecule has 4 rings (SSSR count). The van der Waals surface area contributed by atoms with E-state index in [-0.39, 0.29) is 12.0 Å². The monoisotopic (exact) mass is 409 g/mol. The maximum absolute atomic E-state index is 11.5. The molecule has 2 heterocycles. The van der Waals surface area contributed by atoms with Crippen molar-refractivity contribution in [1.29, 1.82) is 0 Å². The lowest BCUT2D eigenvalue weighted by Gasteiger charge is -2.37. The van der Waals surface area contributed by atoms with Gasteiger partial charge >= 0.3 is 0 Å². The van der Waals surface area contributed by atoms with Gasteiger partial charge in [-0.15, -0.1) is 0 Å². The van der Waals surface area contributed by atoms with Crippen LogP contribution in [-0.4, -0.2) is 56.7 Å². The number of benzene rings is 2. The molecule has 1 fully saturated rings. The number of hydrogen-bond acceptors (Lipinski definition) is 5. The molecule has 0 spiro atoms. The number of piperazine rings is 1. The third-order valence-corrected chi connectivity index (χ3v) is 6.04. The summed E-state index contributed by atoms with van der Waals surface area (Å²) in [4.78, 5) is 16.4. The van der Waals surface area contributed by atoms with Gasteiger partial charge in [-0.25, -0.2) is 0 Å². The van der Waals surface area contributed by atoms with Crippen molar-refractivity contribution >= 4 is 11.6 Å². The first-order valence-electron chi connectivity index (χ1n) is 10.9. The molecular weight excluding hydrogens is 378 g/mol. The zero-order chi connectivity index (χ0) is 20.9. The van der Waals surface area contributed by atoms with Gasteiger partial charge in [-0.05, 0) is 55.2 Å². The number of fused-ring (bicyclic) bond motifs is 1. The average Bonchev–Trinajstić information content (AvgIpc) is 2.78. The standard InChI is InChI=1S/C24H31N3O3/c1-2-29-21-5-3-4-20(17-21)27-13-11-26(12-14-27)10-8-23-22-7-6-19(24(25)28)16-18(22)9-15-30-23/h3-7,16-17,23H,2,8-15H2,1H3,(H2,25,28). The molecule has 2 aromatic rings. The first kappa shape index (κ1) is 20.7. The van der Waals surface area contributed by atoms with Crippen LogP contribution in [0, 0.1) is 0 Å². The predicted molar refractivity (Wildman–Crippen MR) is 118 cm³/mol. The Bertz CT molecular complexity index is 878. The number of primary amides is 1. The molecule has 2 aromatic carbocycles. The Hall–Kier alpha value is -2.57. The lowest BCUT2D eigenvalue weighted by atomic mass is 9.93. The van der Waals surface area contributed by atoms with Gasteiger partial charge in [-0.3, -0.25) is 9.69 Å². The van der Waals surface area contributed by atoms with Crippen LogP contribution in [0.3, 0.4) is 0 Å². The highest BCUT2D eigenvalue weighted by Gasteiger charge is 2.24. The number of amides is 1. The number of nitrogens with zero attached hydrogens (tertiary/aromatic N) is 2.